The molecule has 0 fully saturated rings. The molecule has 0 aliphatic heterocycles. The Bertz CT molecular complexity index is 586. The number of rotatable bonds is 2. The van der Waals surface area contributed by atoms with Gasteiger partial charge in [0.2, 0.25) is 6.33 Å². The first-order chi connectivity index (χ1) is 8.33. The summed E-state index contributed by atoms with van der Waals surface area (Å²) in [5.41, 5.74) is 3.91. The van der Waals surface area contributed by atoms with Crippen LogP contribution in [-0.4, -0.2) is 4.57 Å². The van der Waals surface area contributed by atoms with Gasteiger partial charge in [0.05, 0.1) is 7.05 Å². The minimum absolute atomic E-state index is 1.05. The van der Waals surface area contributed by atoms with Crippen molar-refractivity contribution in [3.05, 3.63) is 66.8 Å². The minimum atomic E-state index is 1.05. The highest BCUT2D eigenvalue weighted by molar-refractivity contribution is 5.71. The summed E-state index contributed by atoms with van der Waals surface area (Å²) in [5.74, 6) is 0. The molecule has 0 atom stereocenters. The van der Waals surface area contributed by atoms with Gasteiger partial charge in [0, 0.05) is 0 Å². The van der Waals surface area contributed by atoms with E-state index in [1.807, 2.05) is 17.8 Å². The fraction of sp³-hybridized carbons (Fsp3) is 0.133. The molecule has 0 saturated heterocycles. The van der Waals surface area contributed by atoms with Crippen LogP contribution in [0, 0.1) is 0 Å². The van der Waals surface area contributed by atoms with Gasteiger partial charge in [0.15, 0.2) is 0 Å². The molecule has 0 amide bonds. The molecule has 2 heteroatoms. The highest BCUT2D eigenvalue weighted by Crippen LogP contribution is 2.23. The molecular weight excluding hydrogens is 208 g/mol. The van der Waals surface area contributed by atoms with Crippen LogP contribution in [0.2, 0.25) is 0 Å². The standard InChI is InChI=1S/C15H15N2/c1-16-10-11-17(12-16)15-8-6-14(7-9-15)13-4-2-3-5-13/h2-4,6-12H,5H2,1H3/q+1. The maximum atomic E-state index is 2.19. The molecule has 1 aromatic heterocycles. The molecule has 0 unspecified atom stereocenters. The van der Waals surface area contributed by atoms with Crippen LogP contribution < -0.4 is 4.57 Å². The molecule has 84 valence electrons. The smallest absolute Gasteiger partial charge is 0.239 e. The van der Waals surface area contributed by atoms with Crippen molar-refractivity contribution in [2.75, 3.05) is 0 Å². The molecule has 0 radical (unpaired) electrons. The zero-order valence-electron chi connectivity index (χ0n) is 9.88. The van der Waals surface area contributed by atoms with Gasteiger partial charge in [-0.2, -0.15) is 0 Å². The van der Waals surface area contributed by atoms with Gasteiger partial charge < -0.3 is 0 Å². The molecule has 3 rings (SSSR count). The van der Waals surface area contributed by atoms with E-state index in [1.54, 1.807) is 0 Å². The fourth-order valence-corrected chi connectivity index (χ4v) is 2.11. The number of allylic oxidation sites excluding steroid dienone is 4. The van der Waals surface area contributed by atoms with E-state index in [1.165, 1.54) is 16.8 Å². The van der Waals surface area contributed by atoms with Crippen molar-refractivity contribution in [2.24, 2.45) is 7.05 Å². The molecule has 0 bridgehead atoms. The van der Waals surface area contributed by atoms with Crippen LogP contribution in [0.1, 0.15) is 12.0 Å². The Morgan fingerprint density at radius 2 is 2.00 bits per heavy atom. The molecule has 17 heavy (non-hydrogen) atoms. The molecule has 1 aromatic carbocycles. The number of benzene rings is 1. The predicted octanol–water partition coefficient (Wildman–Crippen LogP) is 2.65. The summed E-state index contributed by atoms with van der Waals surface area (Å²) in [7, 11) is 2.03. The van der Waals surface area contributed by atoms with Gasteiger partial charge in [-0.25, -0.2) is 9.13 Å². The van der Waals surface area contributed by atoms with E-state index in [4.69, 9.17) is 0 Å². The van der Waals surface area contributed by atoms with Crippen LogP contribution >= 0.6 is 0 Å². The Morgan fingerprint density at radius 1 is 1.18 bits per heavy atom. The summed E-state index contributed by atoms with van der Waals surface area (Å²) in [6.45, 7) is 0. The lowest BCUT2D eigenvalue weighted by atomic mass is 10.1. The minimum Gasteiger partial charge on any atom is -0.239 e. The first kappa shape index (κ1) is 10.1. The molecular formula is C15H15N2+. The maximum absolute atomic E-state index is 2.19. The maximum Gasteiger partial charge on any atom is 0.248 e. The highest BCUT2D eigenvalue weighted by atomic mass is 15.1. The highest BCUT2D eigenvalue weighted by Gasteiger charge is 2.06. The number of imidazole rings is 1. The van der Waals surface area contributed by atoms with Crippen molar-refractivity contribution in [2.45, 2.75) is 6.42 Å². The molecule has 0 spiro atoms. The molecule has 2 nitrogen and oxygen atoms in total. The second-order valence-electron chi connectivity index (χ2n) is 4.36. The van der Waals surface area contributed by atoms with E-state index >= 15 is 0 Å². The lowest BCUT2D eigenvalue weighted by Gasteiger charge is -2.02. The van der Waals surface area contributed by atoms with Crippen molar-refractivity contribution >= 4 is 5.57 Å². The molecule has 1 aliphatic carbocycles. The lowest BCUT2D eigenvalue weighted by molar-refractivity contribution is -0.670. The topological polar surface area (TPSA) is 8.81 Å². The van der Waals surface area contributed by atoms with E-state index in [2.05, 4.69) is 59.6 Å². The first-order valence-electron chi connectivity index (χ1n) is 5.83. The quantitative estimate of drug-likeness (QED) is 0.692. The van der Waals surface area contributed by atoms with Gasteiger partial charge >= 0.3 is 0 Å². The second kappa shape index (κ2) is 4.06. The van der Waals surface area contributed by atoms with Crippen LogP contribution in [0.3, 0.4) is 0 Å². The van der Waals surface area contributed by atoms with E-state index in [-0.39, 0.29) is 0 Å². The Labute approximate surface area is 101 Å². The van der Waals surface area contributed by atoms with Crippen molar-refractivity contribution in [1.82, 2.24) is 4.57 Å². The van der Waals surface area contributed by atoms with E-state index in [0.717, 1.165) is 6.42 Å². The average molecular weight is 223 g/mol. The zero-order chi connectivity index (χ0) is 11.7. The molecule has 1 aliphatic rings. The van der Waals surface area contributed by atoms with Gasteiger partial charge in [0.1, 0.15) is 18.1 Å². The third-order valence-corrected chi connectivity index (χ3v) is 3.08. The molecule has 0 saturated carbocycles. The third-order valence-electron chi connectivity index (χ3n) is 3.08. The van der Waals surface area contributed by atoms with E-state index < -0.39 is 0 Å². The van der Waals surface area contributed by atoms with Crippen molar-refractivity contribution in [3.8, 4) is 5.69 Å². The Kier molecular flexibility index (Phi) is 2.41. The number of aromatic nitrogens is 2. The second-order valence-corrected chi connectivity index (χ2v) is 4.36. The summed E-state index contributed by atoms with van der Waals surface area (Å²) >= 11 is 0. The Hall–Kier alpha value is -2.09. The van der Waals surface area contributed by atoms with Crippen LogP contribution in [0.15, 0.2) is 61.2 Å². The monoisotopic (exact) mass is 223 g/mol. The van der Waals surface area contributed by atoms with Crippen LogP contribution in [-0.2, 0) is 7.05 Å². The average Bonchev–Trinajstić information content (AvgIpc) is 3.00. The van der Waals surface area contributed by atoms with E-state index in [0.29, 0.717) is 0 Å². The normalized spacial score (nSPS) is 14.1. The summed E-state index contributed by atoms with van der Waals surface area (Å²) in [6.07, 6.45) is 13.7. The van der Waals surface area contributed by atoms with Crippen LogP contribution in [0.25, 0.3) is 11.3 Å². The zero-order valence-corrected chi connectivity index (χ0v) is 9.88. The Morgan fingerprint density at radius 3 is 2.59 bits per heavy atom. The number of hydrogen-bond acceptors (Lipinski definition) is 0. The van der Waals surface area contributed by atoms with E-state index in [9.17, 15) is 0 Å². The summed E-state index contributed by atoms with van der Waals surface area (Å²) in [5, 5.41) is 0. The number of hydrogen-bond donors (Lipinski definition) is 0. The summed E-state index contributed by atoms with van der Waals surface area (Å²) in [6, 6.07) is 8.70. The van der Waals surface area contributed by atoms with Crippen molar-refractivity contribution in [1.29, 1.82) is 0 Å². The SMILES string of the molecule is C[n+]1ccn(-c2ccc(C3=CC=CC3)cc2)c1. The van der Waals surface area contributed by atoms with Gasteiger partial charge in [-0.1, -0.05) is 30.4 Å². The number of nitrogens with zero attached hydrogens (tertiary/aromatic N) is 2. The van der Waals surface area contributed by atoms with Gasteiger partial charge in [-0.15, -0.1) is 0 Å². The first-order valence-corrected chi connectivity index (χ1v) is 5.83. The largest absolute Gasteiger partial charge is 0.248 e. The fourth-order valence-electron chi connectivity index (χ4n) is 2.11. The molecule has 1 heterocycles. The molecule has 0 N–H and O–H groups in total. The summed E-state index contributed by atoms with van der Waals surface area (Å²) in [4.78, 5) is 0. The lowest BCUT2D eigenvalue weighted by Crippen LogP contribution is -2.23. The Balaban J connectivity index is 1.90. The van der Waals surface area contributed by atoms with Gasteiger partial charge in [-0.3, -0.25) is 0 Å². The van der Waals surface area contributed by atoms with Crippen LogP contribution in [0.5, 0.6) is 0 Å². The molecule has 2 aromatic rings. The third kappa shape index (κ3) is 1.94. The van der Waals surface area contributed by atoms with Gasteiger partial charge in [-0.05, 0) is 29.7 Å². The van der Waals surface area contributed by atoms with Crippen LogP contribution in [0.4, 0.5) is 0 Å². The number of aryl methyl sites for hydroxylation is 1. The van der Waals surface area contributed by atoms with Gasteiger partial charge in [0.25, 0.3) is 0 Å². The van der Waals surface area contributed by atoms with Crippen molar-refractivity contribution < 1.29 is 4.57 Å². The summed E-state index contributed by atoms with van der Waals surface area (Å²) < 4.78 is 4.16. The van der Waals surface area contributed by atoms with Crippen molar-refractivity contribution in [3.63, 3.8) is 0 Å². The predicted molar refractivity (Wildman–Crippen MR) is 68.7 cm³/mol.